The van der Waals surface area contributed by atoms with E-state index >= 15 is 0 Å². The van der Waals surface area contributed by atoms with Crippen molar-refractivity contribution >= 4 is 0 Å². The zero-order valence-electron chi connectivity index (χ0n) is 11.5. The van der Waals surface area contributed by atoms with Crippen LogP contribution in [0.5, 0.6) is 0 Å². The van der Waals surface area contributed by atoms with E-state index in [-0.39, 0.29) is 6.61 Å². The van der Waals surface area contributed by atoms with Crippen LogP contribution in [0.3, 0.4) is 0 Å². The summed E-state index contributed by atoms with van der Waals surface area (Å²) in [6.45, 7) is 9.55. The van der Waals surface area contributed by atoms with Crippen LogP contribution >= 0.6 is 0 Å². The van der Waals surface area contributed by atoms with Crippen molar-refractivity contribution in [2.45, 2.75) is 19.3 Å². The molecule has 5 heteroatoms. The van der Waals surface area contributed by atoms with Crippen LogP contribution in [0.4, 0.5) is 0 Å². The van der Waals surface area contributed by atoms with Crippen LogP contribution in [0.2, 0.25) is 0 Å². The summed E-state index contributed by atoms with van der Waals surface area (Å²) in [4.78, 5) is 2.41. The quantitative estimate of drug-likeness (QED) is 0.581. The van der Waals surface area contributed by atoms with Crippen molar-refractivity contribution in [3.8, 4) is 0 Å². The molecule has 0 aromatic rings. The molecule has 1 aliphatic rings. The first-order valence-electron chi connectivity index (χ1n) is 7.36. The highest BCUT2D eigenvalue weighted by molar-refractivity contribution is 4.63. The summed E-state index contributed by atoms with van der Waals surface area (Å²) in [6.07, 6.45) is 3.12. The zero-order chi connectivity index (χ0) is 12.9. The Bertz CT molecular complexity index is 166. The average molecular weight is 257 g/mol. The number of nitrogens with zero attached hydrogens (tertiary/aromatic N) is 1. The Labute approximate surface area is 111 Å². The van der Waals surface area contributed by atoms with Crippen molar-refractivity contribution in [3.05, 3.63) is 0 Å². The molecule has 0 amide bonds. The van der Waals surface area contributed by atoms with E-state index in [9.17, 15) is 5.11 Å². The van der Waals surface area contributed by atoms with Gasteiger partial charge in [-0.1, -0.05) is 6.42 Å². The van der Waals surface area contributed by atoms with Crippen molar-refractivity contribution < 1.29 is 5.11 Å². The monoisotopic (exact) mass is 257 g/mol. The Kier molecular flexibility index (Phi) is 10.5. The average Bonchev–Trinajstić information content (AvgIpc) is 2.39. The Morgan fingerprint density at radius 3 is 2.17 bits per heavy atom. The van der Waals surface area contributed by atoms with Gasteiger partial charge in [-0.15, -0.1) is 6.61 Å². The van der Waals surface area contributed by atoms with Crippen molar-refractivity contribution in [1.82, 2.24) is 20.9 Å². The second-order valence-corrected chi connectivity index (χ2v) is 4.86. The van der Waals surface area contributed by atoms with Gasteiger partial charge in [0.2, 0.25) is 0 Å². The van der Waals surface area contributed by atoms with Gasteiger partial charge in [0.1, 0.15) is 0 Å². The van der Waals surface area contributed by atoms with Crippen LogP contribution in [-0.4, -0.2) is 70.4 Å². The standard InChI is InChI=1S/C13H29N4O/c18-13-3-11-17-10-2-6-15-8-7-14-4-1-5-16-9-12-17/h14-16H,1-13H2/q-1. The highest BCUT2D eigenvalue weighted by Gasteiger charge is 2.03. The van der Waals surface area contributed by atoms with Crippen LogP contribution in [0.1, 0.15) is 19.3 Å². The molecule has 5 nitrogen and oxygen atoms in total. The maximum absolute atomic E-state index is 10.6. The molecule has 18 heavy (non-hydrogen) atoms. The van der Waals surface area contributed by atoms with Gasteiger partial charge >= 0.3 is 0 Å². The second kappa shape index (κ2) is 11.9. The summed E-state index contributed by atoms with van der Waals surface area (Å²) >= 11 is 0. The van der Waals surface area contributed by atoms with E-state index in [1.807, 2.05) is 0 Å². The highest BCUT2D eigenvalue weighted by Crippen LogP contribution is 1.93. The predicted molar refractivity (Wildman–Crippen MR) is 73.8 cm³/mol. The summed E-state index contributed by atoms with van der Waals surface area (Å²) in [6, 6.07) is 0. The minimum absolute atomic E-state index is 0.0495. The fourth-order valence-corrected chi connectivity index (χ4v) is 2.18. The third-order valence-corrected chi connectivity index (χ3v) is 3.24. The molecule has 0 aromatic heterocycles. The Balaban J connectivity index is 2.20. The van der Waals surface area contributed by atoms with E-state index in [0.717, 1.165) is 65.3 Å². The van der Waals surface area contributed by atoms with Gasteiger partial charge in [0, 0.05) is 26.2 Å². The fourth-order valence-electron chi connectivity index (χ4n) is 2.18. The van der Waals surface area contributed by atoms with E-state index in [2.05, 4.69) is 20.9 Å². The molecule has 0 aliphatic carbocycles. The van der Waals surface area contributed by atoms with Gasteiger partial charge < -0.3 is 26.0 Å². The molecule has 1 aliphatic heterocycles. The molecular weight excluding hydrogens is 228 g/mol. The minimum atomic E-state index is 0.0495. The predicted octanol–water partition coefficient (Wildman–Crippen LogP) is -1.40. The van der Waals surface area contributed by atoms with Crippen LogP contribution < -0.4 is 21.1 Å². The lowest BCUT2D eigenvalue weighted by Gasteiger charge is -2.23. The third-order valence-electron chi connectivity index (χ3n) is 3.24. The van der Waals surface area contributed by atoms with Gasteiger partial charge in [-0.25, -0.2) is 0 Å². The molecule has 1 fully saturated rings. The largest absolute Gasteiger partial charge is 0.854 e. The lowest BCUT2D eigenvalue weighted by atomic mass is 10.3. The lowest BCUT2D eigenvalue weighted by Crippen LogP contribution is -2.37. The third kappa shape index (κ3) is 8.83. The van der Waals surface area contributed by atoms with E-state index in [4.69, 9.17) is 0 Å². The Hall–Kier alpha value is -0.200. The Morgan fingerprint density at radius 2 is 1.44 bits per heavy atom. The SMILES string of the molecule is [O-]CCCN1CCCNCCNCCCNCC1. The molecular formula is C13H29N4O-. The minimum Gasteiger partial charge on any atom is -0.854 e. The van der Waals surface area contributed by atoms with Crippen molar-refractivity contribution in [3.63, 3.8) is 0 Å². The smallest absolute Gasteiger partial charge is 0.0107 e. The zero-order valence-corrected chi connectivity index (χ0v) is 11.5. The van der Waals surface area contributed by atoms with Crippen molar-refractivity contribution in [2.75, 3.05) is 65.5 Å². The first-order chi connectivity index (χ1) is 8.93. The molecule has 1 rings (SSSR count). The molecule has 3 N–H and O–H groups in total. The topological polar surface area (TPSA) is 62.4 Å². The normalized spacial score (nSPS) is 22.5. The lowest BCUT2D eigenvalue weighted by molar-refractivity contribution is -0.368. The molecule has 0 aromatic carbocycles. The summed E-state index contributed by atoms with van der Waals surface area (Å²) in [7, 11) is 0. The summed E-state index contributed by atoms with van der Waals surface area (Å²) in [5, 5.41) is 20.9. The number of hydrogen-bond acceptors (Lipinski definition) is 5. The second-order valence-electron chi connectivity index (χ2n) is 4.86. The molecule has 0 atom stereocenters. The molecule has 1 saturated heterocycles. The van der Waals surface area contributed by atoms with E-state index in [1.54, 1.807) is 0 Å². The number of rotatable bonds is 3. The maximum atomic E-state index is 10.6. The molecule has 108 valence electrons. The fraction of sp³-hybridized carbons (Fsp3) is 1.00. The molecule has 0 bridgehead atoms. The van der Waals surface area contributed by atoms with Gasteiger partial charge in [-0.3, -0.25) is 0 Å². The van der Waals surface area contributed by atoms with Gasteiger partial charge in [0.05, 0.1) is 0 Å². The number of hydrogen-bond donors (Lipinski definition) is 3. The van der Waals surface area contributed by atoms with Crippen LogP contribution in [0, 0.1) is 0 Å². The highest BCUT2D eigenvalue weighted by atomic mass is 16.3. The van der Waals surface area contributed by atoms with Crippen molar-refractivity contribution in [2.24, 2.45) is 0 Å². The van der Waals surface area contributed by atoms with Crippen molar-refractivity contribution in [1.29, 1.82) is 0 Å². The first-order valence-corrected chi connectivity index (χ1v) is 7.36. The van der Waals surface area contributed by atoms with E-state index < -0.39 is 0 Å². The maximum Gasteiger partial charge on any atom is 0.0107 e. The Morgan fingerprint density at radius 1 is 0.778 bits per heavy atom. The van der Waals surface area contributed by atoms with Gasteiger partial charge in [0.25, 0.3) is 0 Å². The number of nitrogens with one attached hydrogen (secondary N) is 3. The van der Waals surface area contributed by atoms with Crippen LogP contribution in [-0.2, 0) is 0 Å². The first kappa shape index (κ1) is 15.9. The van der Waals surface area contributed by atoms with Gasteiger partial charge in [0.15, 0.2) is 0 Å². The summed E-state index contributed by atoms with van der Waals surface area (Å²) in [5.41, 5.74) is 0. The van der Waals surface area contributed by atoms with Crippen LogP contribution in [0.15, 0.2) is 0 Å². The molecule has 0 spiro atoms. The van der Waals surface area contributed by atoms with Gasteiger partial charge in [-0.05, 0) is 45.6 Å². The van der Waals surface area contributed by atoms with E-state index in [1.165, 1.54) is 12.8 Å². The molecule has 0 radical (unpaired) electrons. The van der Waals surface area contributed by atoms with Gasteiger partial charge in [-0.2, -0.15) is 0 Å². The van der Waals surface area contributed by atoms with E-state index in [0.29, 0.717) is 0 Å². The summed E-state index contributed by atoms with van der Waals surface area (Å²) < 4.78 is 0. The molecule has 0 saturated carbocycles. The summed E-state index contributed by atoms with van der Waals surface area (Å²) in [5.74, 6) is 0. The molecule has 1 heterocycles. The van der Waals surface area contributed by atoms with Crippen LogP contribution in [0.25, 0.3) is 0 Å². The molecule has 0 unspecified atom stereocenters.